The topological polar surface area (TPSA) is 70.1 Å². The zero-order valence-electron chi connectivity index (χ0n) is 12.0. The lowest BCUT2D eigenvalue weighted by atomic mass is 10.0. The number of benzene rings is 1. The third-order valence-electron chi connectivity index (χ3n) is 3.41. The average Bonchev–Trinajstić information content (AvgIpc) is 2.78. The number of carbonyl (C=O) groups excluding carboxylic acids is 1. The fraction of sp³-hybridized carbons (Fsp3) is 0.429. The van der Waals surface area contributed by atoms with Crippen LogP contribution in [0.3, 0.4) is 0 Å². The normalized spacial score (nSPS) is 13.4. The summed E-state index contributed by atoms with van der Waals surface area (Å²) in [5.74, 6) is 0.785. The number of primary amides is 1. The molecule has 1 aromatic carbocycles. The van der Waals surface area contributed by atoms with Crippen molar-refractivity contribution in [2.24, 2.45) is 5.73 Å². The fourth-order valence-electron chi connectivity index (χ4n) is 2.22. The van der Waals surface area contributed by atoms with Gasteiger partial charge in [0.25, 0.3) is 0 Å². The van der Waals surface area contributed by atoms with Crippen molar-refractivity contribution >= 4 is 28.5 Å². The molecule has 0 bridgehead atoms. The van der Waals surface area contributed by atoms with E-state index in [1.165, 1.54) is 0 Å². The van der Waals surface area contributed by atoms with Crippen molar-refractivity contribution < 1.29 is 9.53 Å². The predicted molar refractivity (Wildman–Crippen MR) is 79.1 cm³/mol. The number of carbonyl (C=O) groups is 1. The zero-order chi connectivity index (χ0) is 15.1. The van der Waals surface area contributed by atoms with E-state index in [-0.39, 0.29) is 5.38 Å². The second-order valence-electron chi connectivity index (χ2n) is 5.17. The molecular weight excluding hydrogens is 278 g/mol. The smallest absolute Gasteiger partial charge is 0.243 e. The molecule has 0 aliphatic rings. The van der Waals surface area contributed by atoms with E-state index in [0.717, 1.165) is 5.52 Å². The maximum Gasteiger partial charge on any atom is 0.243 e. The molecule has 1 unspecified atom stereocenters. The number of nitrogens with zero attached hydrogens (tertiary/aromatic N) is 2. The lowest BCUT2D eigenvalue weighted by Gasteiger charge is -2.26. The SMILES string of the molecule is COc1cccc2c1nc(C(C)Cl)n2C(C)(C)C(N)=O. The molecule has 0 radical (unpaired) electrons. The van der Waals surface area contributed by atoms with Gasteiger partial charge in [0.2, 0.25) is 5.91 Å². The quantitative estimate of drug-likeness (QED) is 0.881. The number of amides is 1. The second-order valence-corrected chi connectivity index (χ2v) is 5.83. The molecule has 0 aliphatic heterocycles. The highest BCUT2D eigenvalue weighted by molar-refractivity contribution is 6.20. The van der Waals surface area contributed by atoms with Gasteiger partial charge in [0.05, 0.1) is 18.0 Å². The van der Waals surface area contributed by atoms with Crippen molar-refractivity contribution in [3.8, 4) is 5.75 Å². The summed E-state index contributed by atoms with van der Waals surface area (Å²) in [7, 11) is 1.58. The van der Waals surface area contributed by atoms with E-state index in [2.05, 4.69) is 4.98 Å². The molecule has 1 heterocycles. The van der Waals surface area contributed by atoms with Crippen molar-refractivity contribution in [1.29, 1.82) is 0 Å². The third kappa shape index (κ3) is 2.12. The van der Waals surface area contributed by atoms with E-state index < -0.39 is 11.4 Å². The molecule has 20 heavy (non-hydrogen) atoms. The number of fused-ring (bicyclic) bond motifs is 1. The minimum absolute atomic E-state index is 0.356. The summed E-state index contributed by atoms with van der Waals surface area (Å²) in [4.78, 5) is 16.3. The summed E-state index contributed by atoms with van der Waals surface area (Å²) in [5, 5.41) is -0.356. The van der Waals surface area contributed by atoms with Crippen LogP contribution in [0.4, 0.5) is 0 Å². The van der Waals surface area contributed by atoms with E-state index in [1.54, 1.807) is 25.5 Å². The Balaban J connectivity index is 2.87. The van der Waals surface area contributed by atoms with E-state index in [0.29, 0.717) is 17.1 Å². The molecule has 1 aromatic heterocycles. The largest absolute Gasteiger partial charge is 0.494 e. The molecule has 6 heteroatoms. The highest BCUT2D eigenvalue weighted by Gasteiger charge is 2.33. The summed E-state index contributed by atoms with van der Waals surface area (Å²) < 4.78 is 7.10. The first-order valence-electron chi connectivity index (χ1n) is 6.30. The van der Waals surface area contributed by atoms with Gasteiger partial charge in [-0.1, -0.05) is 6.07 Å². The number of aromatic nitrogens is 2. The van der Waals surface area contributed by atoms with Gasteiger partial charge in [-0.3, -0.25) is 4.79 Å². The highest BCUT2D eigenvalue weighted by Crippen LogP contribution is 2.34. The molecule has 0 saturated carbocycles. The molecule has 1 amide bonds. The van der Waals surface area contributed by atoms with Crippen LogP contribution in [-0.4, -0.2) is 22.6 Å². The Morgan fingerprint density at radius 2 is 2.15 bits per heavy atom. The first-order chi connectivity index (χ1) is 9.30. The third-order valence-corrected chi connectivity index (χ3v) is 3.61. The summed E-state index contributed by atoms with van der Waals surface area (Å²) in [6.07, 6.45) is 0. The Hall–Kier alpha value is -1.75. The second kappa shape index (κ2) is 4.98. The van der Waals surface area contributed by atoms with Crippen LogP contribution in [0.25, 0.3) is 11.0 Å². The van der Waals surface area contributed by atoms with Crippen molar-refractivity contribution in [2.45, 2.75) is 31.7 Å². The van der Waals surface area contributed by atoms with Gasteiger partial charge in [-0.25, -0.2) is 4.98 Å². The van der Waals surface area contributed by atoms with Gasteiger partial charge in [-0.05, 0) is 32.9 Å². The number of ether oxygens (including phenoxy) is 1. The Bertz CT molecular complexity index is 662. The first kappa shape index (κ1) is 14.7. The van der Waals surface area contributed by atoms with Crippen LogP contribution in [0.2, 0.25) is 0 Å². The number of alkyl halides is 1. The number of para-hydroxylation sites is 1. The number of imidazole rings is 1. The van der Waals surface area contributed by atoms with Crippen molar-refractivity contribution in [1.82, 2.24) is 9.55 Å². The van der Waals surface area contributed by atoms with E-state index >= 15 is 0 Å². The molecule has 0 spiro atoms. The molecule has 5 nitrogen and oxygen atoms in total. The van der Waals surface area contributed by atoms with Crippen molar-refractivity contribution in [3.63, 3.8) is 0 Å². The van der Waals surface area contributed by atoms with Crippen LogP contribution in [0.5, 0.6) is 5.75 Å². The number of methoxy groups -OCH3 is 1. The monoisotopic (exact) mass is 295 g/mol. The Labute approximate surface area is 122 Å². The zero-order valence-corrected chi connectivity index (χ0v) is 12.7. The van der Waals surface area contributed by atoms with Gasteiger partial charge in [0, 0.05) is 0 Å². The van der Waals surface area contributed by atoms with Crippen LogP contribution in [0.15, 0.2) is 18.2 Å². The summed E-state index contributed by atoms with van der Waals surface area (Å²) in [5.41, 5.74) is 6.05. The Kier molecular flexibility index (Phi) is 3.65. The van der Waals surface area contributed by atoms with E-state index in [9.17, 15) is 4.79 Å². The number of hydrogen-bond acceptors (Lipinski definition) is 3. The van der Waals surface area contributed by atoms with Crippen molar-refractivity contribution in [3.05, 3.63) is 24.0 Å². The van der Waals surface area contributed by atoms with Crippen LogP contribution >= 0.6 is 11.6 Å². The highest BCUT2D eigenvalue weighted by atomic mass is 35.5. The van der Waals surface area contributed by atoms with Gasteiger partial charge in [-0.2, -0.15) is 0 Å². The molecule has 2 aromatic rings. The summed E-state index contributed by atoms with van der Waals surface area (Å²) in [6, 6.07) is 5.54. The van der Waals surface area contributed by atoms with Crippen LogP contribution < -0.4 is 10.5 Å². The summed E-state index contributed by atoms with van der Waals surface area (Å²) >= 11 is 6.21. The van der Waals surface area contributed by atoms with Crippen molar-refractivity contribution in [2.75, 3.05) is 7.11 Å². The fourth-order valence-corrected chi connectivity index (χ4v) is 2.37. The molecule has 2 rings (SSSR count). The minimum atomic E-state index is -0.931. The minimum Gasteiger partial charge on any atom is -0.494 e. The molecule has 108 valence electrons. The molecule has 2 N–H and O–H groups in total. The van der Waals surface area contributed by atoms with Crippen LogP contribution in [0, 0.1) is 0 Å². The predicted octanol–water partition coefficient (Wildman–Crippen LogP) is 2.57. The van der Waals surface area contributed by atoms with E-state index in [4.69, 9.17) is 22.1 Å². The molecule has 0 saturated heterocycles. The molecule has 1 atom stereocenters. The van der Waals surface area contributed by atoms with Gasteiger partial charge < -0.3 is 15.0 Å². The number of nitrogens with two attached hydrogens (primary N) is 1. The van der Waals surface area contributed by atoms with Crippen LogP contribution in [0.1, 0.15) is 32.0 Å². The molecule has 0 fully saturated rings. The number of hydrogen-bond donors (Lipinski definition) is 1. The van der Waals surface area contributed by atoms with Crippen LogP contribution in [-0.2, 0) is 10.3 Å². The lowest BCUT2D eigenvalue weighted by molar-refractivity contribution is -0.125. The van der Waals surface area contributed by atoms with E-state index in [1.807, 2.05) is 25.1 Å². The lowest BCUT2D eigenvalue weighted by Crippen LogP contribution is -2.42. The first-order valence-corrected chi connectivity index (χ1v) is 6.74. The maximum atomic E-state index is 11.8. The molecular formula is C14H18ClN3O2. The Morgan fingerprint density at radius 1 is 1.50 bits per heavy atom. The average molecular weight is 296 g/mol. The number of rotatable bonds is 4. The van der Waals surface area contributed by atoms with Gasteiger partial charge in [-0.15, -0.1) is 11.6 Å². The summed E-state index contributed by atoms with van der Waals surface area (Å²) in [6.45, 7) is 5.31. The van der Waals surface area contributed by atoms with Gasteiger partial charge in [0.1, 0.15) is 22.6 Å². The van der Waals surface area contributed by atoms with Gasteiger partial charge >= 0.3 is 0 Å². The maximum absolute atomic E-state index is 11.8. The Morgan fingerprint density at radius 3 is 2.65 bits per heavy atom. The van der Waals surface area contributed by atoms with Gasteiger partial charge in [0.15, 0.2) is 0 Å². The standard InChI is InChI=1S/C14H18ClN3O2/c1-8(15)12-17-11-9(6-5-7-10(11)20-4)18(12)14(2,3)13(16)19/h5-8H,1-4H3,(H2,16,19). The number of halogens is 1. The molecule has 0 aliphatic carbocycles.